The van der Waals surface area contributed by atoms with Crippen LogP contribution in [-0.2, 0) is 16.0 Å². The highest BCUT2D eigenvalue weighted by Gasteiger charge is 2.56. The third-order valence-corrected chi connectivity index (χ3v) is 7.79. The van der Waals surface area contributed by atoms with Crippen LogP contribution in [0.4, 0.5) is 0 Å². The van der Waals surface area contributed by atoms with Gasteiger partial charge in [-0.3, -0.25) is 4.79 Å². The number of esters is 1. The van der Waals surface area contributed by atoms with Gasteiger partial charge in [0.1, 0.15) is 11.9 Å². The number of ether oxygens (including phenoxy) is 1. The number of carbonyl (C=O) groups excluding carboxylic acids is 1. The second-order valence-electron chi connectivity index (χ2n) is 9.56. The Morgan fingerprint density at radius 2 is 1.65 bits per heavy atom. The number of rotatable bonds is 15. The molecule has 0 unspecified atom stereocenters. The van der Waals surface area contributed by atoms with Crippen molar-refractivity contribution >= 4 is 5.97 Å². The summed E-state index contributed by atoms with van der Waals surface area (Å²) in [6.45, 7) is -2.32. The lowest BCUT2D eigenvalue weighted by Gasteiger charge is -2.50. The van der Waals surface area contributed by atoms with Crippen molar-refractivity contribution in [3.63, 3.8) is 0 Å². The second-order valence-corrected chi connectivity index (χ2v) is 9.56. The Labute approximate surface area is 270 Å². The van der Waals surface area contributed by atoms with E-state index in [1.807, 2.05) is 6.07 Å². The first kappa shape index (κ1) is 8.74. The molecule has 3 nitrogen and oxygen atoms in total. The zero-order valence-electron chi connectivity index (χ0n) is 51.5. The smallest absolute Gasteiger partial charge is 0.306 e. The van der Waals surface area contributed by atoms with Crippen LogP contribution in [0.3, 0.4) is 0 Å². The highest BCUT2D eigenvalue weighted by molar-refractivity contribution is 5.69. The van der Waals surface area contributed by atoms with Gasteiger partial charge in [-0.1, -0.05) is 96.3 Å². The fraction of sp³-hybridized carbons (Fsp3) is 0.794. The highest BCUT2D eigenvalue weighted by Crippen LogP contribution is 2.61. The molecular weight excluding hydrogens is 456 g/mol. The zero-order chi connectivity index (χ0) is 53.7. The van der Waals surface area contributed by atoms with Crippen LogP contribution in [0.25, 0.3) is 0 Å². The molecule has 1 aromatic rings. The van der Waals surface area contributed by atoms with E-state index < -0.39 is 114 Å². The summed E-state index contributed by atoms with van der Waals surface area (Å²) in [4.78, 5) is 13.8. The van der Waals surface area contributed by atoms with Gasteiger partial charge in [-0.05, 0) is 85.9 Å². The normalized spacial score (nSPS) is 46.6. The van der Waals surface area contributed by atoms with E-state index in [1.54, 1.807) is 19.1 Å². The maximum absolute atomic E-state index is 13.8. The number of phenols is 1. The fourth-order valence-corrected chi connectivity index (χ4v) is 6.30. The van der Waals surface area contributed by atoms with Gasteiger partial charge in [0, 0.05) is 54.3 Å². The molecule has 3 aliphatic carbocycles. The summed E-state index contributed by atoms with van der Waals surface area (Å²) >= 11 is 0. The Balaban J connectivity index is 1.68. The van der Waals surface area contributed by atoms with Crippen molar-refractivity contribution < 1.29 is 57.1 Å². The summed E-state index contributed by atoms with van der Waals surface area (Å²) in [5, 5.41) is 10.0. The first-order valence-corrected chi connectivity index (χ1v) is 12.2. The standard InChI is InChI=1S/C34H54O3/c1-3-4-5-6-7-8-9-10-11-12-13-14-15-16-33(36)37-32-22-21-31-30-19-17-26-25-27(35)18-20-28(26)29(30)23-24-34(31,32)2/h18,20,25,29-32,35H,3-17,19,21-24H2,1-2H3/t29-,30-,31+,32+,34+/m1/s1/i1D3,3D2,4D2,5D2,6D2,7D2,8D2,9D2,10D2,11D2,12D2,13D2,14D2,15D2,16D2. The Kier molecular flexibility index (Phi) is 3.32. The van der Waals surface area contributed by atoms with E-state index in [2.05, 4.69) is 0 Å². The average molecular weight is 542 g/mol. The molecule has 208 valence electrons. The largest absolute Gasteiger partial charge is 0.508 e. The summed E-state index contributed by atoms with van der Waals surface area (Å²) in [6, 6.07) is 5.13. The van der Waals surface area contributed by atoms with E-state index in [0.29, 0.717) is 32.1 Å². The monoisotopic (exact) mass is 542 g/mol. The number of phenolic OH excluding ortho intramolecular Hbond substituents is 1. The van der Waals surface area contributed by atoms with Gasteiger partial charge >= 0.3 is 5.97 Å². The molecule has 0 aliphatic heterocycles. The number of aromatic hydroxyl groups is 1. The Morgan fingerprint density at radius 3 is 2.35 bits per heavy atom. The summed E-state index contributed by atoms with van der Waals surface area (Å²) in [7, 11) is 0. The minimum Gasteiger partial charge on any atom is -0.508 e. The number of hydrogen-bond donors (Lipinski definition) is 1. The number of fused-ring (bicyclic) bond motifs is 5. The first-order chi connectivity index (χ1) is 29.7. The number of benzene rings is 1. The van der Waals surface area contributed by atoms with Crippen LogP contribution in [0.15, 0.2) is 18.2 Å². The van der Waals surface area contributed by atoms with Crippen molar-refractivity contribution in [2.45, 2.75) is 154 Å². The molecule has 4 rings (SSSR count). The van der Waals surface area contributed by atoms with Crippen molar-refractivity contribution in [1.82, 2.24) is 0 Å². The lowest BCUT2D eigenvalue weighted by atomic mass is 9.55. The molecular formula is C34H54O3. The number of carbonyl (C=O) groups is 1. The molecule has 5 atom stereocenters. The number of hydrogen-bond acceptors (Lipinski definition) is 3. The molecule has 3 aliphatic rings. The van der Waals surface area contributed by atoms with Gasteiger partial charge in [0.05, 0.1) is 0 Å². The molecule has 0 aromatic heterocycles. The molecule has 0 bridgehead atoms. The van der Waals surface area contributed by atoms with Crippen molar-refractivity contribution in [2.75, 3.05) is 0 Å². The fourth-order valence-electron chi connectivity index (χ4n) is 6.30. The molecule has 3 heteroatoms. The van der Waals surface area contributed by atoms with E-state index in [1.165, 1.54) is 0 Å². The molecule has 2 fully saturated rings. The van der Waals surface area contributed by atoms with Crippen LogP contribution in [0.5, 0.6) is 5.75 Å². The van der Waals surface area contributed by atoms with Gasteiger partial charge in [0.2, 0.25) is 0 Å². The van der Waals surface area contributed by atoms with Gasteiger partial charge < -0.3 is 9.84 Å². The van der Waals surface area contributed by atoms with E-state index in [9.17, 15) is 9.90 Å². The third kappa shape index (κ3) is 7.33. The summed E-state index contributed by atoms with van der Waals surface area (Å²) in [6.07, 6.45) is -66.3. The third-order valence-electron chi connectivity index (χ3n) is 7.79. The molecule has 0 heterocycles. The summed E-state index contributed by atoms with van der Waals surface area (Å²) in [5.41, 5.74) is 1.23. The predicted molar refractivity (Wildman–Crippen MR) is 153 cm³/mol. The molecule has 0 amide bonds. The van der Waals surface area contributed by atoms with E-state index in [4.69, 9.17) is 47.2 Å². The maximum Gasteiger partial charge on any atom is 0.306 e. The average Bonchev–Trinajstić information content (AvgIpc) is 3.51. The lowest BCUT2D eigenvalue weighted by Crippen LogP contribution is -2.45. The minimum atomic E-state index is -5.14. The van der Waals surface area contributed by atoms with Crippen molar-refractivity contribution in [3.05, 3.63) is 29.3 Å². The van der Waals surface area contributed by atoms with Gasteiger partial charge in [0.15, 0.2) is 0 Å². The second kappa shape index (κ2) is 14.0. The van der Waals surface area contributed by atoms with E-state index in [-0.39, 0.29) is 29.9 Å². The Bertz CT molecular complexity index is 2090. The predicted octanol–water partition coefficient (Wildman–Crippen LogP) is 9.64. The maximum atomic E-state index is 13.8. The number of aryl methyl sites for hydroxylation is 1. The van der Waals surface area contributed by atoms with Crippen LogP contribution in [0.1, 0.15) is 195 Å². The first-order valence-electron chi connectivity index (χ1n) is 27.7. The molecule has 1 N–H and O–H groups in total. The molecule has 0 radical (unpaired) electrons. The van der Waals surface area contributed by atoms with Crippen molar-refractivity contribution in [1.29, 1.82) is 0 Å². The highest BCUT2D eigenvalue weighted by atomic mass is 16.5. The van der Waals surface area contributed by atoms with Crippen molar-refractivity contribution in [2.24, 2.45) is 17.3 Å². The quantitative estimate of drug-likeness (QED) is 0.225. The molecule has 2 saturated carbocycles. The Hall–Kier alpha value is -1.51. The Morgan fingerprint density at radius 1 is 0.973 bits per heavy atom. The SMILES string of the molecule is [2H]C([2H])([2H])C([2H])([2H])C([2H])([2H])C([2H])([2H])C([2H])([2H])C([2H])([2H])C([2H])([2H])C([2H])([2H])C([2H])([2H])C([2H])([2H])C([2H])([2H])C([2H])([2H])C([2H])([2H])C([2H])([2H])C([2H])([2H])C(=O)O[C@H]1CC[C@H]2[C@@H]3CCc4cc(O)ccc4[C@H]3CC[C@]12C. The van der Waals surface area contributed by atoms with Gasteiger partial charge in [-0.25, -0.2) is 0 Å². The zero-order valence-corrected chi connectivity index (χ0v) is 20.5. The van der Waals surface area contributed by atoms with E-state index >= 15 is 0 Å². The van der Waals surface area contributed by atoms with Gasteiger partial charge in [0.25, 0.3) is 0 Å². The van der Waals surface area contributed by atoms with Gasteiger partial charge in [-0.15, -0.1) is 0 Å². The molecule has 0 spiro atoms. The van der Waals surface area contributed by atoms with Crippen LogP contribution >= 0.6 is 0 Å². The van der Waals surface area contributed by atoms with Crippen LogP contribution in [0.2, 0.25) is 0 Å². The minimum absolute atomic E-state index is 0.0648. The summed E-state index contributed by atoms with van der Waals surface area (Å²) in [5.74, 6) is -1.92. The van der Waals surface area contributed by atoms with Crippen LogP contribution in [0, 0.1) is 17.3 Å². The van der Waals surface area contributed by atoms with Gasteiger partial charge in [-0.2, -0.15) is 0 Å². The van der Waals surface area contributed by atoms with E-state index in [0.717, 1.165) is 11.1 Å². The van der Waals surface area contributed by atoms with Crippen LogP contribution < -0.4 is 0 Å². The molecule has 37 heavy (non-hydrogen) atoms. The van der Waals surface area contributed by atoms with Crippen molar-refractivity contribution in [3.8, 4) is 5.75 Å². The topological polar surface area (TPSA) is 46.5 Å². The van der Waals surface area contributed by atoms with Crippen LogP contribution in [-0.4, -0.2) is 17.2 Å². The summed E-state index contributed by atoms with van der Waals surface area (Å²) < 4.78 is 261. The molecule has 0 saturated heterocycles. The molecule has 1 aromatic carbocycles. The lowest BCUT2D eigenvalue weighted by molar-refractivity contribution is -0.157.